The molecule has 1 fully saturated rings. The van der Waals surface area contributed by atoms with Gasteiger partial charge in [-0.1, -0.05) is 0 Å². The van der Waals surface area contributed by atoms with Crippen molar-refractivity contribution < 1.29 is 9.52 Å². The lowest BCUT2D eigenvalue weighted by Crippen LogP contribution is -2.45. The number of aromatic hydroxyl groups is 1. The highest BCUT2D eigenvalue weighted by Crippen LogP contribution is 2.18. The molecule has 0 aliphatic carbocycles. The van der Waals surface area contributed by atoms with Crippen LogP contribution in [0.15, 0.2) is 21.5 Å². The second-order valence-electron chi connectivity index (χ2n) is 4.70. The van der Waals surface area contributed by atoms with Crippen LogP contribution < -0.4 is 11.2 Å². The number of hydrogen-bond donors (Lipinski definition) is 2. The average Bonchev–Trinajstić information content (AvgIpc) is 2.27. The molecule has 1 aliphatic heterocycles. The summed E-state index contributed by atoms with van der Waals surface area (Å²) in [5, 5.41) is 9.10. The largest absolute Gasteiger partial charge is 0.502 e. The summed E-state index contributed by atoms with van der Waals surface area (Å²) >= 11 is 0. The third-order valence-electron chi connectivity index (χ3n) is 3.28. The maximum Gasteiger partial charge on any atom is 0.226 e. The maximum atomic E-state index is 11.3. The molecular formula is C12H18N2O3. The molecule has 2 unspecified atom stereocenters. The van der Waals surface area contributed by atoms with Crippen molar-refractivity contribution in [1.82, 2.24) is 4.90 Å². The van der Waals surface area contributed by atoms with Crippen LogP contribution in [-0.4, -0.2) is 28.6 Å². The lowest BCUT2D eigenvalue weighted by Gasteiger charge is -2.35. The lowest BCUT2D eigenvalue weighted by atomic mass is 9.99. The molecule has 0 radical (unpaired) electrons. The minimum Gasteiger partial charge on any atom is -0.502 e. The van der Waals surface area contributed by atoms with Gasteiger partial charge >= 0.3 is 0 Å². The zero-order valence-corrected chi connectivity index (χ0v) is 9.93. The predicted molar refractivity (Wildman–Crippen MR) is 63.7 cm³/mol. The molecule has 1 saturated heterocycles. The molecule has 17 heavy (non-hydrogen) atoms. The first-order valence-electron chi connectivity index (χ1n) is 5.86. The minimum absolute atomic E-state index is 0.271. The first kappa shape index (κ1) is 12.1. The van der Waals surface area contributed by atoms with Gasteiger partial charge < -0.3 is 15.3 Å². The third-order valence-corrected chi connectivity index (χ3v) is 3.28. The van der Waals surface area contributed by atoms with E-state index < -0.39 is 5.43 Å². The zero-order valence-electron chi connectivity index (χ0n) is 9.93. The Labute approximate surface area is 99.8 Å². The number of nitrogens with zero attached hydrogens (tertiary/aromatic N) is 1. The van der Waals surface area contributed by atoms with Crippen molar-refractivity contribution in [3.05, 3.63) is 28.3 Å². The van der Waals surface area contributed by atoms with Gasteiger partial charge in [0.25, 0.3) is 0 Å². The minimum atomic E-state index is -0.396. The summed E-state index contributed by atoms with van der Waals surface area (Å²) in [5.74, 6) is 0.234. The Hall–Kier alpha value is -1.33. The van der Waals surface area contributed by atoms with Crippen molar-refractivity contribution in [2.75, 3.05) is 6.54 Å². The Kier molecular flexibility index (Phi) is 3.49. The molecule has 5 heteroatoms. The quantitative estimate of drug-likeness (QED) is 0.791. The van der Waals surface area contributed by atoms with Crippen molar-refractivity contribution in [2.45, 2.75) is 38.4 Å². The number of nitrogens with two attached hydrogens (primary N) is 1. The topological polar surface area (TPSA) is 79.7 Å². The van der Waals surface area contributed by atoms with Crippen LogP contribution in [0.1, 0.15) is 25.5 Å². The fraction of sp³-hybridized carbons (Fsp3) is 0.583. The lowest BCUT2D eigenvalue weighted by molar-refractivity contribution is 0.129. The van der Waals surface area contributed by atoms with Crippen LogP contribution in [0.4, 0.5) is 0 Å². The van der Waals surface area contributed by atoms with E-state index in [0.29, 0.717) is 18.3 Å². The summed E-state index contributed by atoms with van der Waals surface area (Å²) in [7, 11) is 0. The zero-order chi connectivity index (χ0) is 12.4. The summed E-state index contributed by atoms with van der Waals surface area (Å²) in [6, 6.07) is 2.00. The molecule has 2 atom stereocenters. The molecule has 3 N–H and O–H groups in total. The molecule has 0 aromatic carbocycles. The Morgan fingerprint density at radius 2 is 2.41 bits per heavy atom. The summed E-state index contributed by atoms with van der Waals surface area (Å²) < 4.78 is 5.19. The van der Waals surface area contributed by atoms with Gasteiger partial charge in [-0.2, -0.15) is 0 Å². The molecule has 0 amide bonds. The predicted octanol–water partition coefficient (Wildman–Crippen LogP) is 0.657. The van der Waals surface area contributed by atoms with E-state index in [-0.39, 0.29) is 11.8 Å². The molecule has 94 valence electrons. The van der Waals surface area contributed by atoms with Crippen molar-refractivity contribution in [2.24, 2.45) is 5.73 Å². The Morgan fingerprint density at radius 1 is 1.65 bits per heavy atom. The molecule has 1 aromatic heterocycles. The highest BCUT2D eigenvalue weighted by Gasteiger charge is 2.23. The van der Waals surface area contributed by atoms with E-state index in [1.54, 1.807) is 0 Å². The van der Waals surface area contributed by atoms with Crippen molar-refractivity contribution in [1.29, 1.82) is 0 Å². The fourth-order valence-corrected chi connectivity index (χ4v) is 2.22. The monoisotopic (exact) mass is 238 g/mol. The van der Waals surface area contributed by atoms with Gasteiger partial charge in [0.15, 0.2) is 5.75 Å². The first-order valence-corrected chi connectivity index (χ1v) is 5.86. The smallest absolute Gasteiger partial charge is 0.226 e. The van der Waals surface area contributed by atoms with Gasteiger partial charge in [0.2, 0.25) is 5.43 Å². The molecule has 5 nitrogen and oxygen atoms in total. The average molecular weight is 238 g/mol. The molecule has 1 aromatic rings. The standard InChI is InChI=1S/C12H18N2O3/c1-8-4-9(13)2-3-14(8)6-10-5-11(15)12(16)7-17-10/h5,7-9,16H,2-4,6,13H2,1H3. The van der Waals surface area contributed by atoms with E-state index in [1.807, 2.05) is 0 Å². The summed E-state index contributed by atoms with van der Waals surface area (Å²) in [5.41, 5.74) is 5.50. The number of rotatable bonds is 2. The van der Waals surface area contributed by atoms with Crippen LogP contribution in [0.25, 0.3) is 0 Å². The SMILES string of the molecule is CC1CC(N)CCN1Cc1cc(=O)c(O)co1. The third kappa shape index (κ3) is 2.87. The number of hydrogen-bond acceptors (Lipinski definition) is 5. The van der Waals surface area contributed by atoms with Gasteiger partial charge in [0.1, 0.15) is 12.0 Å². The van der Waals surface area contributed by atoms with Crippen molar-refractivity contribution >= 4 is 0 Å². The fourth-order valence-electron chi connectivity index (χ4n) is 2.22. The summed E-state index contributed by atoms with van der Waals surface area (Å²) in [6.07, 6.45) is 3.02. The number of piperidine rings is 1. The van der Waals surface area contributed by atoms with E-state index in [2.05, 4.69) is 11.8 Å². The Morgan fingerprint density at radius 3 is 3.06 bits per heavy atom. The van der Waals surface area contributed by atoms with E-state index in [1.165, 1.54) is 6.07 Å². The van der Waals surface area contributed by atoms with Crippen LogP contribution >= 0.6 is 0 Å². The van der Waals surface area contributed by atoms with Crippen molar-refractivity contribution in [3.63, 3.8) is 0 Å². The van der Waals surface area contributed by atoms with Crippen LogP contribution in [0.2, 0.25) is 0 Å². The molecule has 2 rings (SSSR count). The first-order chi connectivity index (χ1) is 8.06. The highest BCUT2D eigenvalue weighted by atomic mass is 16.4. The second kappa shape index (κ2) is 4.89. The van der Waals surface area contributed by atoms with Crippen LogP contribution in [0.5, 0.6) is 5.75 Å². The molecule has 0 spiro atoms. The summed E-state index contributed by atoms with van der Waals surface area (Å²) in [6.45, 7) is 3.62. The van der Waals surface area contributed by atoms with Crippen LogP contribution in [0, 0.1) is 0 Å². The second-order valence-corrected chi connectivity index (χ2v) is 4.70. The Bertz CT molecular complexity index is 444. The highest BCUT2D eigenvalue weighted by molar-refractivity contribution is 5.15. The van der Waals surface area contributed by atoms with Crippen LogP contribution in [-0.2, 0) is 6.54 Å². The van der Waals surface area contributed by atoms with Gasteiger partial charge in [0.05, 0.1) is 6.54 Å². The van der Waals surface area contributed by atoms with E-state index in [9.17, 15) is 4.79 Å². The molecule has 0 bridgehead atoms. The van der Waals surface area contributed by atoms with Crippen LogP contribution in [0.3, 0.4) is 0 Å². The van der Waals surface area contributed by atoms with Gasteiger partial charge in [-0.3, -0.25) is 9.69 Å². The van der Waals surface area contributed by atoms with Gasteiger partial charge in [-0.05, 0) is 19.8 Å². The van der Waals surface area contributed by atoms with Gasteiger partial charge in [-0.25, -0.2) is 0 Å². The molecule has 1 aliphatic rings. The molecule has 0 saturated carbocycles. The Balaban J connectivity index is 2.05. The van der Waals surface area contributed by atoms with E-state index in [4.69, 9.17) is 15.3 Å². The van der Waals surface area contributed by atoms with Gasteiger partial charge in [0, 0.05) is 24.7 Å². The van der Waals surface area contributed by atoms with E-state index >= 15 is 0 Å². The maximum absolute atomic E-state index is 11.3. The van der Waals surface area contributed by atoms with Gasteiger partial charge in [-0.15, -0.1) is 0 Å². The molecular weight excluding hydrogens is 220 g/mol. The number of likely N-dealkylation sites (tertiary alicyclic amines) is 1. The van der Waals surface area contributed by atoms with Crippen molar-refractivity contribution in [3.8, 4) is 5.75 Å². The van der Waals surface area contributed by atoms with E-state index in [0.717, 1.165) is 25.6 Å². The molecule has 2 heterocycles. The summed E-state index contributed by atoms with van der Waals surface area (Å²) in [4.78, 5) is 13.5. The normalized spacial score (nSPS) is 26.0.